The topological polar surface area (TPSA) is 29.9 Å². The van der Waals surface area contributed by atoms with Crippen LogP contribution in [-0.2, 0) is 0 Å². The molecule has 0 saturated carbocycles. The molecule has 1 aromatic heterocycles. The first kappa shape index (κ1) is 12.2. The van der Waals surface area contributed by atoms with Crippen molar-refractivity contribution < 1.29 is 0 Å². The minimum atomic E-state index is 0.463. The lowest BCUT2D eigenvalue weighted by molar-refractivity contribution is 0.330. The maximum absolute atomic E-state index is 4.39. The molecule has 15 heavy (non-hydrogen) atoms. The summed E-state index contributed by atoms with van der Waals surface area (Å²) in [7, 11) is 0. The third-order valence-electron chi connectivity index (χ3n) is 2.62. The fourth-order valence-corrected chi connectivity index (χ4v) is 1.68. The second-order valence-corrected chi connectivity index (χ2v) is 4.51. The number of aromatic nitrogens is 2. The highest BCUT2D eigenvalue weighted by Crippen LogP contribution is 2.16. The van der Waals surface area contributed by atoms with Crippen LogP contribution in [0, 0.1) is 12.8 Å². The zero-order chi connectivity index (χ0) is 11.3. The van der Waals surface area contributed by atoms with Crippen LogP contribution in [0.25, 0.3) is 0 Å². The molecule has 1 N–H and O–H groups in total. The molecule has 0 aliphatic carbocycles. The number of hydrogen-bond acceptors (Lipinski definition) is 2. The van der Waals surface area contributed by atoms with Crippen molar-refractivity contribution in [2.75, 3.05) is 13.1 Å². The van der Waals surface area contributed by atoms with E-state index < -0.39 is 0 Å². The summed E-state index contributed by atoms with van der Waals surface area (Å²) in [5.41, 5.74) is 1.23. The number of nitrogens with one attached hydrogen (secondary N) is 1. The van der Waals surface area contributed by atoms with Crippen molar-refractivity contribution in [1.29, 1.82) is 0 Å². The summed E-state index contributed by atoms with van der Waals surface area (Å²) < 4.78 is 2.09. The van der Waals surface area contributed by atoms with Crippen LogP contribution in [0.4, 0.5) is 0 Å². The maximum Gasteiger partial charge on any atom is 0.0666 e. The van der Waals surface area contributed by atoms with Gasteiger partial charge in [-0.1, -0.05) is 20.8 Å². The van der Waals surface area contributed by atoms with Gasteiger partial charge in [-0.25, -0.2) is 0 Å². The predicted octanol–water partition coefficient (Wildman–Crippen LogP) is 2.39. The molecule has 1 rings (SSSR count). The summed E-state index contributed by atoms with van der Waals surface area (Å²) in [5.74, 6) is 0.605. The van der Waals surface area contributed by atoms with E-state index in [-0.39, 0.29) is 0 Å². The van der Waals surface area contributed by atoms with Gasteiger partial charge in [-0.2, -0.15) is 5.10 Å². The second-order valence-electron chi connectivity index (χ2n) is 4.51. The zero-order valence-electron chi connectivity index (χ0n) is 10.3. The Labute approximate surface area is 92.9 Å². The Kier molecular flexibility index (Phi) is 4.82. The van der Waals surface area contributed by atoms with E-state index in [4.69, 9.17) is 0 Å². The third-order valence-corrected chi connectivity index (χ3v) is 2.62. The molecule has 0 bridgehead atoms. The Hall–Kier alpha value is -0.830. The molecule has 0 aromatic carbocycles. The summed E-state index contributed by atoms with van der Waals surface area (Å²) in [6.45, 7) is 10.9. The second kappa shape index (κ2) is 5.91. The first-order chi connectivity index (χ1) is 7.15. The Morgan fingerprint density at radius 3 is 2.67 bits per heavy atom. The normalized spacial score (nSPS) is 13.4. The van der Waals surface area contributed by atoms with E-state index in [1.807, 2.05) is 6.20 Å². The van der Waals surface area contributed by atoms with Gasteiger partial charge in [-0.15, -0.1) is 0 Å². The van der Waals surface area contributed by atoms with Crippen LogP contribution < -0.4 is 5.32 Å². The Morgan fingerprint density at radius 2 is 2.20 bits per heavy atom. The van der Waals surface area contributed by atoms with E-state index in [1.54, 1.807) is 0 Å². The van der Waals surface area contributed by atoms with Gasteiger partial charge < -0.3 is 5.32 Å². The average Bonchev–Trinajstić information content (AvgIpc) is 2.59. The molecule has 86 valence electrons. The lowest BCUT2D eigenvalue weighted by atomic mass is 10.0. The van der Waals surface area contributed by atoms with Crippen LogP contribution in [0.2, 0.25) is 0 Å². The van der Waals surface area contributed by atoms with Gasteiger partial charge in [-0.3, -0.25) is 4.68 Å². The molecule has 0 radical (unpaired) electrons. The van der Waals surface area contributed by atoms with Crippen LogP contribution in [-0.4, -0.2) is 22.9 Å². The molecule has 0 aliphatic heterocycles. The van der Waals surface area contributed by atoms with Crippen LogP contribution in [0.1, 0.15) is 38.8 Å². The summed E-state index contributed by atoms with van der Waals surface area (Å²) >= 11 is 0. The lowest BCUT2D eigenvalue weighted by Crippen LogP contribution is -2.29. The summed E-state index contributed by atoms with van der Waals surface area (Å²) in [6.07, 6.45) is 5.23. The van der Waals surface area contributed by atoms with E-state index in [1.165, 1.54) is 12.0 Å². The molecule has 1 aromatic rings. The highest BCUT2D eigenvalue weighted by Gasteiger charge is 2.15. The molecule has 1 unspecified atom stereocenters. The van der Waals surface area contributed by atoms with E-state index in [0.717, 1.165) is 13.1 Å². The van der Waals surface area contributed by atoms with E-state index in [0.29, 0.717) is 12.0 Å². The molecule has 0 saturated heterocycles. The quantitative estimate of drug-likeness (QED) is 0.729. The van der Waals surface area contributed by atoms with Crippen LogP contribution >= 0.6 is 0 Å². The van der Waals surface area contributed by atoms with E-state index >= 15 is 0 Å². The van der Waals surface area contributed by atoms with Crippen molar-refractivity contribution in [1.82, 2.24) is 15.1 Å². The standard InChI is InChI=1S/C12H23N3/c1-5-6-13-8-12(10(2)3)15-9-11(4)7-14-15/h7,9-10,12-13H,5-6,8H2,1-4H3. The molecular formula is C12H23N3. The van der Waals surface area contributed by atoms with Crippen molar-refractivity contribution in [3.8, 4) is 0 Å². The van der Waals surface area contributed by atoms with Gasteiger partial charge in [0.15, 0.2) is 0 Å². The Balaban J connectivity index is 2.58. The smallest absolute Gasteiger partial charge is 0.0666 e. The highest BCUT2D eigenvalue weighted by molar-refractivity contribution is 5.00. The molecule has 0 fully saturated rings. The van der Waals surface area contributed by atoms with Crippen molar-refractivity contribution in [2.45, 2.75) is 40.2 Å². The Bertz CT molecular complexity index is 278. The summed E-state index contributed by atoms with van der Waals surface area (Å²) in [5, 5.41) is 7.86. The fourth-order valence-electron chi connectivity index (χ4n) is 1.68. The number of hydrogen-bond donors (Lipinski definition) is 1. The van der Waals surface area contributed by atoms with Crippen LogP contribution in [0.5, 0.6) is 0 Å². The van der Waals surface area contributed by atoms with Gasteiger partial charge in [0.2, 0.25) is 0 Å². The van der Waals surface area contributed by atoms with Crippen molar-refractivity contribution in [3.05, 3.63) is 18.0 Å². The van der Waals surface area contributed by atoms with Crippen LogP contribution in [0.15, 0.2) is 12.4 Å². The molecule has 0 aliphatic rings. The van der Waals surface area contributed by atoms with E-state index in [2.05, 4.69) is 49.0 Å². The van der Waals surface area contributed by atoms with Gasteiger partial charge in [0, 0.05) is 12.7 Å². The van der Waals surface area contributed by atoms with Gasteiger partial charge in [0.05, 0.1) is 12.2 Å². The first-order valence-electron chi connectivity index (χ1n) is 5.86. The fraction of sp³-hybridized carbons (Fsp3) is 0.750. The van der Waals surface area contributed by atoms with Gasteiger partial charge in [-0.05, 0) is 31.4 Å². The molecule has 3 nitrogen and oxygen atoms in total. The predicted molar refractivity (Wildman–Crippen MR) is 64.0 cm³/mol. The molecule has 1 heterocycles. The zero-order valence-corrected chi connectivity index (χ0v) is 10.3. The molecule has 1 atom stereocenters. The summed E-state index contributed by atoms with van der Waals surface area (Å²) in [6, 6.07) is 0.463. The van der Waals surface area contributed by atoms with Gasteiger partial charge >= 0.3 is 0 Å². The maximum atomic E-state index is 4.39. The Morgan fingerprint density at radius 1 is 1.47 bits per heavy atom. The van der Waals surface area contributed by atoms with Gasteiger partial charge in [0.1, 0.15) is 0 Å². The molecule has 3 heteroatoms. The van der Waals surface area contributed by atoms with Gasteiger partial charge in [0.25, 0.3) is 0 Å². The highest BCUT2D eigenvalue weighted by atomic mass is 15.3. The minimum absolute atomic E-state index is 0.463. The van der Waals surface area contributed by atoms with Crippen molar-refractivity contribution in [2.24, 2.45) is 5.92 Å². The monoisotopic (exact) mass is 209 g/mol. The number of rotatable bonds is 6. The lowest BCUT2D eigenvalue weighted by Gasteiger charge is -2.21. The molecule has 0 amide bonds. The number of nitrogens with zero attached hydrogens (tertiary/aromatic N) is 2. The largest absolute Gasteiger partial charge is 0.315 e. The summed E-state index contributed by atoms with van der Waals surface area (Å²) in [4.78, 5) is 0. The number of aryl methyl sites for hydroxylation is 1. The van der Waals surface area contributed by atoms with Crippen molar-refractivity contribution >= 4 is 0 Å². The van der Waals surface area contributed by atoms with Crippen LogP contribution in [0.3, 0.4) is 0 Å². The minimum Gasteiger partial charge on any atom is -0.315 e. The SMILES string of the molecule is CCCNCC(C(C)C)n1cc(C)cn1. The van der Waals surface area contributed by atoms with E-state index in [9.17, 15) is 0 Å². The molecular weight excluding hydrogens is 186 g/mol. The molecule has 0 spiro atoms. The third kappa shape index (κ3) is 3.67. The van der Waals surface area contributed by atoms with Crippen molar-refractivity contribution in [3.63, 3.8) is 0 Å². The average molecular weight is 209 g/mol. The first-order valence-corrected chi connectivity index (χ1v) is 5.86.